The molecule has 0 saturated carbocycles. The van der Waals surface area contributed by atoms with Gasteiger partial charge < -0.3 is 20.1 Å². The smallest absolute Gasteiger partial charge is 0.307 e. The van der Waals surface area contributed by atoms with Gasteiger partial charge in [-0.3, -0.25) is 14.7 Å². The van der Waals surface area contributed by atoms with Crippen molar-refractivity contribution in [2.45, 2.75) is 26.3 Å². The lowest BCUT2D eigenvalue weighted by atomic mass is 10.0. The van der Waals surface area contributed by atoms with E-state index < -0.39 is 0 Å². The first kappa shape index (κ1) is 18.7. The molecule has 0 radical (unpaired) electrons. The van der Waals surface area contributed by atoms with Crippen molar-refractivity contribution in [2.75, 3.05) is 53.6 Å². The zero-order valence-corrected chi connectivity index (χ0v) is 14.2. The number of carbonyl (C=O) groups excluding carboxylic acids is 1. The maximum Gasteiger partial charge on any atom is 0.307 e. The van der Waals surface area contributed by atoms with E-state index in [-0.39, 0.29) is 5.97 Å². The second kappa shape index (κ2) is 10.4. The Labute approximate surface area is 133 Å². The zero-order chi connectivity index (χ0) is 16.4. The van der Waals surface area contributed by atoms with Crippen LogP contribution in [0.5, 0.6) is 0 Å². The fourth-order valence-electron chi connectivity index (χ4n) is 2.50. The number of esters is 1. The van der Waals surface area contributed by atoms with Crippen LogP contribution in [0.3, 0.4) is 0 Å². The SMILES string of the molecule is CN=C(NCCC(=O)OC)NCC(C(C)C)N1CCOCC1. The standard InChI is InChI=1S/C15H30N4O3/c1-12(2)13(19-7-9-22-10-8-19)11-18-15(16-3)17-6-5-14(20)21-4/h12-13H,5-11H2,1-4H3,(H2,16,17,18). The Kier molecular flexibility index (Phi) is 8.84. The predicted octanol–water partition coefficient (Wildman–Crippen LogP) is 0.0713. The molecule has 0 aromatic carbocycles. The number of nitrogens with zero attached hydrogens (tertiary/aromatic N) is 2. The van der Waals surface area contributed by atoms with Crippen molar-refractivity contribution in [3.63, 3.8) is 0 Å². The van der Waals surface area contributed by atoms with E-state index >= 15 is 0 Å². The molecule has 0 aromatic heterocycles. The molecule has 1 heterocycles. The number of hydrogen-bond donors (Lipinski definition) is 2. The van der Waals surface area contributed by atoms with E-state index in [1.54, 1.807) is 7.05 Å². The van der Waals surface area contributed by atoms with Crippen LogP contribution in [0.15, 0.2) is 4.99 Å². The topological polar surface area (TPSA) is 75.2 Å². The summed E-state index contributed by atoms with van der Waals surface area (Å²) >= 11 is 0. The highest BCUT2D eigenvalue weighted by molar-refractivity contribution is 5.80. The van der Waals surface area contributed by atoms with Crippen LogP contribution in [0.1, 0.15) is 20.3 Å². The summed E-state index contributed by atoms with van der Waals surface area (Å²) in [5, 5.41) is 6.47. The average molecular weight is 314 g/mol. The first-order valence-corrected chi connectivity index (χ1v) is 7.91. The lowest BCUT2D eigenvalue weighted by Gasteiger charge is -2.37. The van der Waals surface area contributed by atoms with Crippen molar-refractivity contribution < 1.29 is 14.3 Å². The Balaban J connectivity index is 2.39. The maximum atomic E-state index is 11.1. The fourth-order valence-corrected chi connectivity index (χ4v) is 2.50. The number of hydrogen-bond acceptors (Lipinski definition) is 5. The number of guanidine groups is 1. The summed E-state index contributed by atoms with van der Waals surface area (Å²) in [6.07, 6.45) is 0.328. The molecule has 128 valence electrons. The van der Waals surface area contributed by atoms with E-state index in [0.717, 1.165) is 32.8 Å². The summed E-state index contributed by atoms with van der Waals surface area (Å²) in [6, 6.07) is 0.433. The van der Waals surface area contributed by atoms with E-state index in [1.807, 2.05) is 0 Å². The molecule has 1 unspecified atom stereocenters. The van der Waals surface area contributed by atoms with Crippen molar-refractivity contribution in [2.24, 2.45) is 10.9 Å². The molecule has 1 aliphatic rings. The van der Waals surface area contributed by atoms with E-state index in [9.17, 15) is 4.79 Å². The minimum atomic E-state index is -0.226. The van der Waals surface area contributed by atoms with Crippen molar-refractivity contribution in [1.29, 1.82) is 0 Å². The molecular weight excluding hydrogens is 284 g/mol. The van der Waals surface area contributed by atoms with Gasteiger partial charge in [-0.15, -0.1) is 0 Å². The molecule has 7 nitrogen and oxygen atoms in total. The molecule has 0 aliphatic carbocycles. The molecule has 1 saturated heterocycles. The summed E-state index contributed by atoms with van der Waals surface area (Å²) in [6.45, 7) is 9.33. The Bertz CT molecular complexity index is 355. The number of methoxy groups -OCH3 is 1. The number of aliphatic imine (C=N–C) groups is 1. The quantitative estimate of drug-likeness (QED) is 0.393. The maximum absolute atomic E-state index is 11.1. The summed E-state index contributed by atoms with van der Waals surface area (Å²) in [4.78, 5) is 17.8. The molecule has 1 atom stereocenters. The zero-order valence-electron chi connectivity index (χ0n) is 14.2. The Morgan fingerprint density at radius 3 is 2.55 bits per heavy atom. The molecule has 2 N–H and O–H groups in total. The molecular formula is C15H30N4O3. The van der Waals surface area contributed by atoms with E-state index in [2.05, 4.69) is 39.1 Å². The van der Waals surface area contributed by atoms with Crippen molar-refractivity contribution in [3.8, 4) is 0 Å². The first-order chi connectivity index (χ1) is 10.6. The van der Waals surface area contributed by atoms with Gasteiger partial charge in [0.15, 0.2) is 5.96 Å². The number of carbonyl (C=O) groups is 1. The van der Waals surface area contributed by atoms with Crippen LogP contribution in [0.2, 0.25) is 0 Å². The monoisotopic (exact) mass is 314 g/mol. The van der Waals surface area contributed by atoms with Gasteiger partial charge in [-0.1, -0.05) is 13.8 Å². The molecule has 22 heavy (non-hydrogen) atoms. The van der Waals surface area contributed by atoms with Crippen molar-refractivity contribution in [1.82, 2.24) is 15.5 Å². The van der Waals surface area contributed by atoms with Crippen LogP contribution in [-0.4, -0.2) is 76.4 Å². The van der Waals surface area contributed by atoms with Gasteiger partial charge >= 0.3 is 5.97 Å². The molecule has 1 fully saturated rings. The normalized spacial score (nSPS) is 18.1. The number of morpholine rings is 1. The molecule has 1 rings (SSSR count). The first-order valence-electron chi connectivity index (χ1n) is 7.91. The predicted molar refractivity (Wildman–Crippen MR) is 87.0 cm³/mol. The lowest BCUT2D eigenvalue weighted by Crippen LogP contribution is -2.52. The van der Waals surface area contributed by atoms with E-state index in [0.29, 0.717) is 30.9 Å². The third-order valence-electron chi connectivity index (χ3n) is 3.84. The fraction of sp³-hybridized carbons (Fsp3) is 0.867. The molecule has 7 heteroatoms. The Hall–Kier alpha value is -1.34. The molecule has 1 aliphatic heterocycles. The molecule has 0 bridgehead atoms. The van der Waals surface area contributed by atoms with E-state index in [1.165, 1.54) is 7.11 Å². The van der Waals surface area contributed by atoms with Crippen LogP contribution < -0.4 is 10.6 Å². The minimum Gasteiger partial charge on any atom is -0.469 e. The van der Waals surface area contributed by atoms with Crippen molar-refractivity contribution >= 4 is 11.9 Å². The Morgan fingerprint density at radius 2 is 2.00 bits per heavy atom. The highest BCUT2D eigenvalue weighted by Crippen LogP contribution is 2.12. The van der Waals surface area contributed by atoms with E-state index in [4.69, 9.17) is 4.74 Å². The van der Waals surface area contributed by atoms with Gasteiger partial charge in [0.1, 0.15) is 0 Å². The third-order valence-corrected chi connectivity index (χ3v) is 3.84. The van der Waals surface area contributed by atoms with Gasteiger partial charge in [0.25, 0.3) is 0 Å². The van der Waals surface area contributed by atoms with Crippen LogP contribution in [0.4, 0.5) is 0 Å². The van der Waals surface area contributed by atoms with Gasteiger partial charge in [0, 0.05) is 39.3 Å². The van der Waals surface area contributed by atoms with Gasteiger partial charge in [-0.25, -0.2) is 0 Å². The number of nitrogens with one attached hydrogen (secondary N) is 2. The van der Waals surface area contributed by atoms with Crippen LogP contribution in [0, 0.1) is 5.92 Å². The minimum absolute atomic E-state index is 0.226. The van der Waals surface area contributed by atoms with Gasteiger partial charge in [-0.2, -0.15) is 0 Å². The van der Waals surface area contributed by atoms with Gasteiger partial charge in [-0.05, 0) is 5.92 Å². The van der Waals surface area contributed by atoms with Crippen LogP contribution in [0.25, 0.3) is 0 Å². The van der Waals surface area contributed by atoms with Gasteiger partial charge in [0.2, 0.25) is 0 Å². The number of rotatable bonds is 7. The van der Waals surface area contributed by atoms with Crippen LogP contribution in [-0.2, 0) is 14.3 Å². The second-order valence-electron chi connectivity index (χ2n) is 5.67. The van der Waals surface area contributed by atoms with Crippen molar-refractivity contribution in [3.05, 3.63) is 0 Å². The summed E-state index contributed by atoms with van der Waals surface area (Å²) in [5.74, 6) is 1.03. The average Bonchev–Trinajstić information content (AvgIpc) is 2.53. The molecule has 0 spiro atoms. The molecule has 0 aromatic rings. The summed E-state index contributed by atoms with van der Waals surface area (Å²) in [7, 11) is 3.12. The highest BCUT2D eigenvalue weighted by atomic mass is 16.5. The lowest BCUT2D eigenvalue weighted by molar-refractivity contribution is -0.140. The largest absolute Gasteiger partial charge is 0.469 e. The molecule has 0 amide bonds. The Morgan fingerprint density at radius 1 is 1.32 bits per heavy atom. The van der Waals surface area contributed by atoms with Crippen LogP contribution >= 0.6 is 0 Å². The third kappa shape index (κ3) is 6.62. The second-order valence-corrected chi connectivity index (χ2v) is 5.67. The highest BCUT2D eigenvalue weighted by Gasteiger charge is 2.23. The summed E-state index contributed by atoms with van der Waals surface area (Å²) < 4.78 is 10.0. The number of ether oxygens (including phenoxy) is 2. The summed E-state index contributed by atoms with van der Waals surface area (Å²) in [5.41, 5.74) is 0. The van der Waals surface area contributed by atoms with Gasteiger partial charge in [0.05, 0.1) is 26.7 Å².